The Morgan fingerprint density at radius 1 is 1.40 bits per heavy atom. The lowest BCUT2D eigenvalue weighted by Crippen LogP contribution is -2.41. The van der Waals surface area contributed by atoms with Gasteiger partial charge in [-0.1, -0.05) is 38.2 Å². The van der Waals surface area contributed by atoms with Crippen LogP contribution in [0.15, 0.2) is 18.3 Å². The Morgan fingerprint density at radius 3 is 2.80 bits per heavy atom. The predicted octanol–water partition coefficient (Wildman–Crippen LogP) is 2.30. The first-order valence-corrected chi connectivity index (χ1v) is 7.60. The summed E-state index contributed by atoms with van der Waals surface area (Å²) < 4.78 is 0. The highest BCUT2D eigenvalue weighted by Crippen LogP contribution is 2.26. The third kappa shape index (κ3) is 4.60. The summed E-state index contributed by atoms with van der Waals surface area (Å²) in [5.74, 6) is 0.585. The van der Waals surface area contributed by atoms with Gasteiger partial charge in [0.25, 0.3) is 0 Å². The van der Waals surface area contributed by atoms with Crippen LogP contribution in [-0.4, -0.2) is 16.9 Å². The zero-order valence-electron chi connectivity index (χ0n) is 12.3. The van der Waals surface area contributed by atoms with Crippen LogP contribution in [0.3, 0.4) is 0 Å². The second-order valence-corrected chi connectivity index (χ2v) is 5.87. The Morgan fingerprint density at radius 2 is 2.15 bits per heavy atom. The second kappa shape index (κ2) is 7.39. The van der Waals surface area contributed by atoms with Gasteiger partial charge in [0, 0.05) is 18.4 Å². The highest BCUT2D eigenvalue weighted by Gasteiger charge is 2.20. The molecule has 110 valence electrons. The average Bonchev–Trinajstić information content (AvgIpc) is 2.47. The number of hydrogen-bond donors (Lipinski definition) is 2. The van der Waals surface area contributed by atoms with Crippen molar-refractivity contribution in [3.05, 3.63) is 29.6 Å². The minimum absolute atomic E-state index is 0.0452. The van der Waals surface area contributed by atoms with E-state index in [9.17, 15) is 4.79 Å². The highest BCUT2D eigenvalue weighted by atomic mass is 16.2. The first kappa shape index (κ1) is 15.0. The van der Waals surface area contributed by atoms with Crippen LogP contribution in [0.1, 0.15) is 49.8 Å². The number of amides is 1. The molecule has 0 saturated heterocycles. The summed E-state index contributed by atoms with van der Waals surface area (Å²) in [6.07, 6.45) is 8.96. The summed E-state index contributed by atoms with van der Waals surface area (Å²) in [6.45, 7) is 2.45. The van der Waals surface area contributed by atoms with Crippen molar-refractivity contribution in [2.45, 2.75) is 58.0 Å². The Kier molecular flexibility index (Phi) is 5.53. The Labute approximate surface area is 121 Å². The summed E-state index contributed by atoms with van der Waals surface area (Å²) in [7, 11) is 0. The van der Waals surface area contributed by atoms with Crippen LogP contribution < -0.4 is 11.1 Å². The van der Waals surface area contributed by atoms with Gasteiger partial charge in [0.15, 0.2) is 0 Å². The summed E-state index contributed by atoms with van der Waals surface area (Å²) in [5.41, 5.74) is 8.00. The molecule has 0 spiro atoms. The molecule has 1 fully saturated rings. The number of nitrogens with one attached hydrogen (secondary N) is 1. The lowest BCUT2D eigenvalue weighted by atomic mass is 9.85. The molecule has 0 radical (unpaired) electrons. The van der Waals surface area contributed by atoms with Crippen molar-refractivity contribution in [3.63, 3.8) is 0 Å². The summed E-state index contributed by atoms with van der Waals surface area (Å²) in [5, 5.41) is 2.90. The maximum atomic E-state index is 12.0. The van der Waals surface area contributed by atoms with Gasteiger partial charge in [-0.15, -0.1) is 0 Å². The molecule has 1 aliphatic rings. The van der Waals surface area contributed by atoms with E-state index in [1.54, 1.807) is 6.20 Å². The number of carbonyl (C=O) groups is 1. The number of nitrogens with zero attached hydrogens (tertiary/aromatic N) is 1. The fraction of sp³-hybridized carbons (Fsp3) is 0.625. The lowest BCUT2D eigenvalue weighted by molar-refractivity contribution is -0.122. The monoisotopic (exact) mass is 275 g/mol. The van der Waals surface area contributed by atoms with Crippen LogP contribution in [0, 0.1) is 12.8 Å². The summed E-state index contributed by atoms with van der Waals surface area (Å²) in [6, 6.07) is 3.55. The van der Waals surface area contributed by atoms with Crippen molar-refractivity contribution in [3.8, 4) is 0 Å². The number of rotatable bonds is 5. The third-order valence-corrected chi connectivity index (χ3v) is 4.09. The molecular weight excluding hydrogens is 250 g/mol. The van der Waals surface area contributed by atoms with Gasteiger partial charge >= 0.3 is 0 Å². The number of nitrogens with two attached hydrogens (primary N) is 1. The number of pyridine rings is 1. The molecule has 20 heavy (non-hydrogen) atoms. The Bertz CT molecular complexity index is 424. The fourth-order valence-corrected chi connectivity index (χ4v) is 2.81. The molecule has 3 N–H and O–H groups in total. The number of carbonyl (C=O) groups excluding carboxylic acids is 1. The van der Waals surface area contributed by atoms with E-state index < -0.39 is 0 Å². The topological polar surface area (TPSA) is 68.0 Å². The van der Waals surface area contributed by atoms with E-state index in [0.717, 1.165) is 17.7 Å². The first-order valence-electron chi connectivity index (χ1n) is 7.60. The van der Waals surface area contributed by atoms with Crippen LogP contribution in [0.4, 0.5) is 0 Å². The quantitative estimate of drug-likeness (QED) is 0.866. The van der Waals surface area contributed by atoms with Crippen molar-refractivity contribution in [2.75, 3.05) is 0 Å². The second-order valence-electron chi connectivity index (χ2n) is 5.87. The van der Waals surface area contributed by atoms with Crippen molar-refractivity contribution in [1.82, 2.24) is 10.3 Å². The van der Waals surface area contributed by atoms with Gasteiger partial charge in [-0.3, -0.25) is 9.78 Å². The molecule has 2 rings (SSSR count). The minimum atomic E-state index is -0.378. The normalized spacial score (nSPS) is 17.7. The maximum Gasteiger partial charge on any atom is 0.237 e. The van der Waals surface area contributed by atoms with Crippen molar-refractivity contribution >= 4 is 5.91 Å². The number of aryl methyl sites for hydroxylation is 1. The number of hydrogen-bond acceptors (Lipinski definition) is 3. The SMILES string of the molecule is Cc1ccc(CNC(=O)C(N)CC2CCCCC2)cn1. The molecule has 0 bridgehead atoms. The Balaban J connectivity index is 1.74. The maximum absolute atomic E-state index is 12.0. The first-order chi connectivity index (χ1) is 9.65. The van der Waals surface area contributed by atoms with Gasteiger partial charge in [-0.2, -0.15) is 0 Å². The fourth-order valence-electron chi connectivity index (χ4n) is 2.81. The van der Waals surface area contributed by atoms with Crippen molar-refractivity contribution in [1.29, 1.82) is 0 Å². The Hall–Kier alpha value is -1.42. The van der Waals surface area contributed by atoms with Crippen LogP contribution in [0.25, 0.3) is 0 Å². The molecule has 1 unspecified atom stereocenters. The molecule has 4 nitrogen and oxygen atoms in total. The molecule has 1 aliphatic carbocycles. The molecular formula is C16H25N3O. The van der Waals surface area contributed by atoms with E-state index in [-0.39, 0.29) is 11.9 Å². The van der Waals surface area contributed by atoms with E-state index in [1.807, 2.05) is 19.1 Å². The van der Waals surface area contributed by atoms with Crippen LogP contribution in [0.2, 0.25) is 0 Å². The van der Waals surface area contributed by atoms with Gasteiger partial charge in [-0.05, 0) is 30.9 Å². The van der Waals surface area contributed by atoms with Gasteiger partial charge in [0.2, 0.25) is 5.91 Å². The predicted molar refractivity (Wildman–Crippen MR) is 80.0 cm³/mol. The summed E-state index contributed by atoms with van der Waals surface area (Å²) in [4.78, 5) is 16.2. The molecule has 1 aromatic heterocycles. The molecule has 1 atom stereocenters. The van der Waals surface area contributed by atoms with Gasteiger partial charge in [0.05, 0.1) is 6.04 Å². The highest BCUT2D eigenvalue weighted by molar-refractivity contribution is 5.81. The molecule has 1 saturated carbocycles. The molecule has 1 aromatic rings. The minimum Gasteiger partial charge on any atom is -0.351 e. The van der Waals surface area contributed by atoms with Gasteiger partial charge in [-0.25, -0.2) is 0 Å². The molecule has 1 amide bonds. The van der Waals surface area contributed by atoms with E-state index in [4.69, 9.17) is 5.73 Å². The van der Waals surface area contributed by atoms with E-state index >= 15 is 0 Å². The average molecular weight is 275 g/mol. The standard InChI is InChI=1S/C16H25N3O/c1-12-7-8-14(10-18-12)11-19-16(20)15(17)9-13-5-3-2-4-6-13/h7-8,10,13,15H,2-6,9,11,17H2,1H3,(H,19,20). The smallest absolute Gasteiger partial charge is 0.237 e. The summed E-state index contributed by atoms with van der Waals surface area (Å²) >= 11 is 0. The zero-order valence-corrected chi connectivity index (χ0v) is 12.3. The van der Waals surface area contributed by atoms with E-state index in [1.165, 1.54) is 32.1 Å². The van der Waals surface area contributed by atoms with E-state index in [0.29, 0.717) is 12.5 Å². The number of aromatic nitrogens is 1. The molecule has 0 aromatic carbocycles. The van der Waals surface area contributed by atoms with Crippen LogP contribution in [0.5, 0.6) is 0 Å². The molecule has 1 heterocycles. The molecule has 0 aliphatic heterocycles. The lowest BCUT2D eigenvalue weighted by Gasteiger charge is -2.24. The van der Waals surface area contributed by atoms with Crippen LogP contribution in [-0.2, 0) is 11.3 Å². The van der Waals surface area contributed by atoms with Crippen LogP contribution >= 0.6 is 0 Å². The van der Waals surface area contributed by atoms with Gasteiger partial charge < -0.3 is 11.1 Å². The van der Waals surface area contributed by atoms with Gasteiger partial charge in [0.1, 0.15) is 0 Å². The van der Waals surface area contributed by atoms with E-state index in [2.05, 4.69) is 10.3 Å². The third-order valence-electron chi connectivity index (χ3n) is 4.09. The zero-order chi connectivity index (χ0) is 14.4. The van der Waals surface area contributed by atoms with Crippen molar-refractivity contribution in [2.24, 2.45) is 11.7 Å². The van der Waals surface area contributed by atoms with Crippen molar-refractivity contribution < 1.29 is 4.79 Å². The molecule has 4 heteroatoms. The largest absolute Gasteiger partial charge is 0.351 e.